The Balaban J connectivity index is 2.07. The Morgan fingerprint density at radius 1 is 1.26 bits per heavy atom. The summed E-state index contributed by atoms with van der Waals surface area (Å²) in [6, 6.07) is 4.79. The maximum atomic E-state index is 13.6. The van der Waals surface area contributed by atoms with E-state index in [1.54, 1.807) is 24.5 Å². The zero-order valence-corrected chi connectivity index (χ0v) is 12.8. The van der Waals surface area contributed by atoms with E-state index in [0.717, 1.165) is 17.7 Å². The largest absolute Gasteiger partial charge is 0.491 e. The van der Waals surface area contributed by atoms with E-state index in [9.17, 15) is 13.6 Å². The third kappa shape index (κ3) is 4.15. The Morgan fingerprint density at radius 2 is 1.87 bits per heavy atom. The van der Waals surface area contributed by atoms with Crippen molar-refractivity contribution in [2.45, 2.75) is 19.4 Å². The highest BCUT2D eigenvalue weighted by Crippen LogP contribution is 2.25. The average Bonchev–Trinajstić information content (AvgIpc) is 2.53. The van der Waals surface area contributed by atoms with Crippen LogP contribution in [-0.4, -0.2) is 18.1 Å². The predicted molar refractivity (Wildman–Crippen MR) is 82.3 cm³/mol. The minimum Gasteiger partial charge on any atom is -0.491 e. The Kier molecular flexibility index (Phi) is 5.46. The Hall–Kier alpha value is -2.70. The summed E-state index contributed by atoms with van der Waals surface area (Å²) in [5.74, 6) is -2.26. The smallest absolute Gasteiger partial charge is 0.319 e. The van der Waals surface area contributed by atoms with Gasteiger partial charge in [0.15, 0.2) is 17.4 Å². The summed E-state index contributed by atoms with van der Waals surface area (Å²) in [5, 5.41) is 5.15. The normalized spacial score (nSPS) is 11.7. The molecule has 1 atom stereocenters. The maximum Gasteiger partial charge on any atom is 0.319 e. The molecule has 0 saturated carbocycles. The van der Waals surface area contributed by atoms with Gasteiger partial charge in [-0.25, -0.2) is 13.6 Å². The van der Waals surface area contributed by atoms with Crippen molar-refractivity contribution >= 4 is 11.7 Å². The molecule has 1 aromatic carbocycles. The summed E-state index contributed by atoms with van der Waals surface area (Å²) < 4.78 is 31.8. The van der Waals surface area contributed by atoms with Gasteiger partial charge in [0.1, 0.15) is 0 Å². The van der Waals surface area contributed by atoms with Gasteiger partial charge in [0.05, 0.1) is 13.2 Å². The first-order valence-corrected chi connectivity index (χ1v) is 7.05. The summed E-state index contributed by atoms with van der Waals surface area (Å²) in [6.45, 7) is 1.91. The number of hydrogen-bond acceptors (Lipinski definition) is 3. The van der Waals surface area contributed by atoms with E-state index in [2.05, 4.69) is 20.4 Å². The fourth-order valence-electron chi connectivity index (χ4n) is 2.17. The highest BCUT2D eigenvalue weighted by molar-refractivity contribution is 5.89. The van der Waals surface area contributed by atoms with Gasteiger partial charge in [-0.05, 0) is 24.1 Å². The van der Waals surface area contributed by atoms with Gasteiger partial charge in [-0.3, -0.25) is 4.98 Å². The number of aromatic nitrogens is 1. The summed E-state index contributed by atoms with van der Waals surface area (Å²) in [5.41, 5.74) is 0.896. The SMILES string of the molecule is CCC(NC(=O)Nc1cc(F)c(OC)c(F)c1)c1ccncc1. The molecule has 2 rings (SSSR count). The molecular formula is C16H17F2N3O2. The molecule has 122 valence electrons. The number of pyridine rings is 1. The molecule has 0 radical (unpaired) electrons. The topological polar surface area (TPSA) is 63.2 Å². The quantitative estimate of drug-likeness (QED) is 0.884. The van der Waals surface area contributed by atoms with Crippen molar-refractivity contribution in [1.29, 1.82) is 0 Å². The molecule has 2 aromatic rings. The molecule has 2 N–H and O–H groups in total. The van der Waals surface area contributed by atoms with Gasteiger partial charge in [-0.1, -0.05) is 6.92 Å². The fourth-order valence-corrected chi connectivity index (χ4v) is 2.17. The van der Waals surface area contributed by atoms with E-state index in [0.29, 0.717) is 6.42 Å². The third-order valence-corrected chi connectivity index (χ3v) is 3.28. The average molecular weight is 321 g/mol. The van der Waals surface area contributed by atoms with E-state index in [1.165, 1.54) is 7.11 Å². The van der Waals surface area contributed by atoms with Crippen molar-refractivity contribution in [2.24, 2.45) is 0 Å². The summed E-state index contributed by atoms with van der Waals surface area (Å²) in [7, 11) is 1.17. The number of carbonyl (C=O) groups excluding carboxylic acids is 1. The molecule has 0 aliphatic rings. The van der Waals surface area contributed by atoms with Crippen LogP contribution in [0.15, 0.2) is 36.7 Å². The fraction of sp³-hybridized carbons (Fsp3) is 0.250. The van der Waals surface area contributed by atoms with Crippen molar-refractivity contribution in [2.75, 3.05) is 12.4 Å². The van der Waals surface area contributed by atoms with Crippen molar-refractivity contribution in [1.82, 2.24) is 10.3 Å². The van der Waals surface area contributed by atoms with Crippen molar-refractivity contribution < 1.29 is 18.3 Å². The van der Waals surface area contributed by atoms with Crippen molar-refractivity contribution in [3.05, 3.63) is 53.9 Å². The number of hydrogen-bond donors (Lipinski definition) is 2. The minimum atomic E-state index is -0.885. The second-order valence-corrected chi connectivity index (χ2v) is 4.81. The van der Waals surface area contributed by atoms with Gasteiger partial charge in [0.2, 0.25) is 0 Å². The highest BCUT2D eigenvalue weighted by atomic mass is 19.1. The molecule has 0 fully saturated rings. The molecule has 0 spiro atoms. The molecular weight excluding hydrogens is 304 g/mol. The molecule has 0 aliphatic carbocycles. The molecule has 0 aliphatic heterocycles. The van der Waals surface area contributed by atoms with Gasteiger partial charge in [-0.15, -0.1) is 0 Å². The van der Waals surface area contributed by atoms with Crippen LogP contribution in [-0.2, 0) is 0 Å². The maximum absolute atomic E-state index is 13.6. The molecule has 0 bridgehead atoms. The van der Waals surface area contributed by atoms with E-state index in [4.69, 9.17) is 0 Å². The number of methoxy groups -OCH3 is 1. The van der Waals surface area contributed by atoms with Gasteiger partial charge in [0, 0.05) is 30.2 Å². The lowest BCUT2D eigenvalue weighted by atomic mass is 10.1. The van der Waals surface area contributed by atoms with Crippen LogP contribution in [0.5, 0.6) is 5.75 Å². The van der Waals surface area contributed by atoms with Crippen LogP contribution in [0.1, 0.15) is 24.9 Å². The number of carbonyl (C=O) groups is 1. The lowest BCUT2D eigenvalue weighted by molar-refractivity contribution is 0.248. The Morgan fingerprint density at radius 3 is 2.39 bits per heavy atom. The number of halogens is 2. The lowest BCUT2D eigenvalue weighted by Crippen LogP contribution is -2.32. The summed E-state index contributed by atoms with van der Waals surface area (Å²) in [6.07, 6.45) is 3.92. The van der Waals surface area contributed by atoms with Gasteiger partial charge in [0.25, 0.3) is 0 Å². The van der Waals surface area contributed by atoms with Crippen molar-refractivity contribution in [3.8, 4) is 5.75 Å². The molecule has 7 heteroatoms. The zero-order chi connectivity index (χ0) is 16.8. The van der Waals surface area contributed by atoms with E-state index < -0.39 is 23.4 Å². The van der Waals surface area contributed by atoms with Gasteiger partial charge in [-0.2, -0.15) is 0 Å². The molecule has 5 nitrogen and oxygen atoms in total. The molecule has 0 saturated heterocycles. The standard InChI is InChI=1S/C16H17F2N3O2/c1-3-14(10-4-6-19-7-5-10)21-16(22)20-11-8-12(17)15(23-2)13(18)9-11/h4-9,14H,3H2,1-2H3,(H2,20,21,22). The third-order valence-electron chi connectivity index (χ3n) is 3.28. The van der Waals surface area contributed by atoms with Crippen LogP contribution in [0, 0.1) is 11.6 Å². The van der Waals surface area contributed by atoms with E-state index in [-0.39, 0.29) is 11.7 Å². The number of urea groups is 1. The Bertz CT molecular complexity index is 657. The zero-order valence-electron chi connectivity index (χ0n) is 12.8. The molecule has 23 heavy (non-hydrogen) atoms. The summed E-state index contributed by atoms with van der Waals surface area (Å²) >= 11 is 0. The Labute approximate surface area is 132 Å². The van der Waals surface area contributed by atoms with Crippen LogP contribution >= 0.6 is 0 Å². The first-order valence-electron chi connectivity index (χ1n) is 7.05. The monoisotopic (exact) mass is 321 g/mol. The van der Waals surface area contributed by atoms with Crippen LogP contribution in [0.4, 0.5) is 19.3 Å². The van der Waals surface area contributed by atoms with Crippen LogP contribution in [0.2, 0.25) is 0 Å². The van der Waals surface area contributed by atoms with Crippen LogP contribution < -0.4 is 15.4 Å². The molecule has 2 amide bonds. The number of nitrogens with one attached hydrogen (secondary N) is 2. The van der Waals surface area contributed by atoms with Gasteiger partial charge >= 0.3 is 6.03 Å². The number of nitrogens with zero attached hydrogens (tertiary/aromatic N) is 1. The summed E-state index contributed by atoms with van der Waals surface area (Å²) in [4.78, 5) is 15.9. The predicted octanol–water partition coefficient (Wildman–Crippen LogP) is 3.64. The van der Waals surface area contributed by atoms with E-state index in [1.807, 2.05) is 6.92 Å². The van der Waals surface area contributed by atoms with E-state index >= 15 is 0 Å². The number of ether oxygens (including phenoxy) is 1. The van der Waals surface area contributed by atoms with Crippen molar-refractivity contribution in [3.63, 3.8) is 0 Å². The minimum absolute atomic E-state index is 0.00267. The van der Waals surface area contributed by atoms with Gasteiger partial charge < -0.3 is 15.4 Å². The first-order chi connectivity index (χ1) is 11.0. The molecule has 1 unspecified atom stereocenters. The highest BCUT2D eigenvalue weighted by Gasteiger charge is 2.15. The first kappa shape index (κ1) is 16.7. The number of rotatable bonds is 5. The number of amides is 2. The second kappa shape index (κ2) is 7.53. The molecule has 1 aromatic heterocycles. The number of benzene rings is 1. The van der Waals surface area contributed by atoms with Crippen LogP contribution in [0.25, 0.3) is 0 Å². The number of anilines is 1. The molecule has 1 heterocycles. The second-order valence-electron chi connectivity index (χ2n) is 4.81. The lowest BCUT2D eigenvalue weighted by Gasteiger charge is -2.18. The van der Waals surface area contributed by atoms with Crippen LogP contribution in [0.3, 0.4) is 0 Å².